The third kappa shape index (κ3) is 3.77. The molecule has 102 valence electrons. The summed E-state index contributed by atoms with van der Waals surface area (Å²) < 4.78 is 1.78. The Bertz CT molecular complexity index is 403. The largest absolute Gasteiger partial charge is 0.340 e. The van der Waals surface area contributed by atoms with Crippen molar-refractivity contribution in [3.8, 4) is 0 Å². The number of likely N-dealkylation sites (N-methyl/N-ethyl adjacent to an activating group) is 1. The molecule has 1 heterocycles. The third-order valence-corrected chi connectivity index (χ3v) is 3.88. The Morgan fingerprint density at radius 3 is 2.67 bits per heavy atom. The summed E-state index contributed by atoms with van der Waals surface area (Å²) in [6.07, 6.45) is 3.06. The number of carbonyl (C=O) groups excluding carboxylic acids is 1. The van der Waals surface area contributed by atoms with Crippen LogP contribution in [0.15, 0.2) is 6.07 Å². The van der Waals surface area contributed by atoms with E-state index in [4.69, 9.17) is 0 Å². The molecule has 0 aliphatic rings. The van der Waals surface area contributed by atoms with Crippen LogP contribution in [0.25, 0.3) is 0 Å². The standard InChI is InChI=1S/C13H23N3OS/c1-6-12(9-18-5)15(4)13(17)8-16-11(3)7-10(2)14-16/h7,12H,6,8-9H2,1-5H3/t12-/m1/s1. The Labute approximate surface area is 114 Å². The maximum atomic E-state index is 12.2. The zero-order valence-corrected chi connectivity index (χ0v) is 12.8. The molecule has 1 aromatic heterocycles. The van der Waals surface area contributed by atoms with Gasteiger partial charge in [0.2, 0.25) is 5.91 Å². The lowest BCUT2D eigenvalue weighted by molar-refractivity contribution is -0.132. The van der Waals surface area contributed by atoms with Crippen LogP contribution in [0.3, 0.4) is 0 Å². The van der Waals surface area contributed by atoms with Crippen molar-refractivity contribution in [3.05, 3.63) is 17.5 Å². The Balaban J connectivity index is 2.67. The van der Waals surface area contributed by atoms with E-state index in [9.17, 15) is 4.79 Å². The van der Waals surface area contributed by atoms with E-state index in [0.717, 1.165) is 23.6 Å². The average molecular weight is 269 g/mol. The van der Waals surface area contributed by atoms with Crippen LogP contribution in [0.4, 0.5) is 0 Å². The fraction of sp³-hybridized carbons (Fsp3) is 0.692. The summed E-state index contributed by atoms with van der Waals surface area (Å²) in [5.74, 6) is 1.11. The van der Waals surface area contributed by atoms with E-state index in [2.05, 4.69) is 18.3 Å². The van der Waals surface area contributed by atoms with Crippen LogP contribution < -0.4 is 0 Å². The van der Waals surface area contributed by atoms with Crippen molar-refractivity contribution in [1.29, 1.82) is 0 Å². The van der Waals surface area contributed by atoms with Gasteiger partial charge in [-0.25, -0.2) is 0 Å². The highest BCUT2D eigenvalue weighted by molar-refractivity contribution is 7.98. The van der Waals surface area contributed by atoms with Crippen LogP contribution in [0.2, 0.25) is 0 Å². The summed E-state index contributed by atoms with van der Waals surface area (Å²) >= 11 is 1.78. The number of carbonyl (C=O) groups is 1. The lowest BCUT2D eigenvalue weighted by Gasteiger charge is -2.27. The molecule has 0 spiro atoms. The Kier molecular flexibility index (Phi) is 5.72. The number of thioether (sulfide) groups is 1. The second kappa shape index (κ2) is 6.83. The molecule has 0 saturated carbocycles. The molecule has 0 N–H and O–H groups in total. The van der Waals surface area contributed by atoms with Crippen molar-refractivity contribution >= 4 is 17.7 Å². The molecule has 0 aliphatic heterocycles. The number of hydrogen-bond donors (Lipinski definition) is 0. The van der Waals surface area contributed by atoms with E-state index in [-0.39, 0.29) is 5.91 Å². The number of hydrogen-bond acceptors (Lipinski definition) is 3. The molecule has 5 heteroatoms. The van der Waals surface area contributed by atoms with E-state index in [1.165, 1.54) is 0 Å². The normalized spacial score (nSPS) is 12.5. The van der Waals surface area contributed by atoms with Crippen molar-refractivity contribution in [3.63, 3.8) is 0 Å². The van der Waals surface area contributed by atoms with Gasteiger partial charge in [-0.1, -0.05) is 6.92 Å². The van der Waals surface area contributed by atoms with Crippen LogP contribution >= 0.6 is 11.8 Å². The first-order chi connectivity index (χ1) is 8.49. The van der Waals surface area contributed by atoms with Crippen LogP contribution in [0.5, 0.6) is 0 Å². The first-order valence-corrected chi connectivity index (χ1v) is 7.64. The first kappa shape index (κ1) is 15.1. The van der Waals surface area contributed by atoms with Gasteiger partial charge in [0.05, 0.1) is 5.69 Å². The molecule has 0 fully saturated rings. The molecule has 0 aliphatic carbocycles. The topological polar surface area (TPSA) is 38.1 Å². The quantitative estimate of drug-likeness (QED) is 0.794. The molecular formula is C13H23N3OS. The lowest BCUT2D eigenvalue weighted by Crippen LogP contribution is -2.40. The average Bonchev–Trinajstić information content (AvgIpc) is 2.63. The molecule has 1 amide bonds. The number of rotatable bonds is 6. The number of aromatic nitrogens is 2. The molecule has 1 aromatic rings. The van der Waals surface area contributed by atoms with Gasteiger partial charge in [-0.2, -0.15) is 16.9 Å². The van der Waals surface area contributed by atoms with E-state index in [0.29, 0.717) is 12.6 Å². The Morgan fingerprint density at radius 2 is 2.22 bits per heavy atom. The van der Waals surface area contributed by atoms with Crippen molar-refractivity contribution in [2.45, 2.75) is 39.8 Å². The van der Waals surface area contributed by atoms with Gasteiger partial charge in [-0.15, -0.1) is 0 Å². The van der Waals surface area contributed by atoms with Gasteiger partial charge < -0.3 is 4.90 Å². The molecule has 4 nitrogen and oxygen atoms in total. The maximum absolute atomic E-state index is 12.2. The van der Waals surface area contributed by atoms with Crippen molar-refractivity contribution in [1.82, 2.24) is 14.7 Å². The van der Waals surface area contributed by atoms with E-state index in [1.807, 2.05) is 31.9 Å². The summed E-state index contributed by atoms with van der Waals surface area (Å²) in [4.78, 5) is 14.1. The maximum Gasteiger partial charge on any atom is 0.244 e. The van der Waals surface area contributed by atoms with Gasteiger partial charge in [0.25, 0.3) is 0 Å². The monoisotopic (exact) mass is 269 g/mol. The van der Waals surface area contributed by atoms with Crippen LogP contribution in [-0.4, -0.2) is 45.7 Å². The van der Waals surface area contributed by atoms with E-state index >= 15 is 0 Å². The van der Waals surface area contributed by atoms with Gasteiger partial charge in [0, 0.05) is 24.5 Å². The fourth-order valence-electron chi connectivity index (χ4n) is 1.97. The molecule has 18 heavy (non-hydrogen) atoms. The van der Waals surface area contributed by atoms with Gasteiger partial charge in [-0.3, -0.25) is 9.48 Å². The minimum absolute atomic E-state index is 0.127. The number of aryl methyl sites for hydroxylation is 2. The summed E-state index contributed by atoms with van der Waals surface area (Å²) in [6.45, 7) is 6.38. The predicted molar refractivity (Wildman–Crippen MR) is 76.9 cm³/mol. The zero-order chi connectivity index (χ0) is 13.7. The summed E-state index contributed by atoms with van der Waals surface area (Å²) in [5, 5.41) is 4.33. The highest BCUT2D eigenvalue weighted by Gasteiger charge is 2.18. The second-order valence-electron chi connectivity index (χ2n) is 4.61. The van der Waals surface area contributed by atoms with Gasteiger partial charge >= 0.3 is 0 Å². The molecule has 0 saturated heterocycles. The number of nitrogens with zero attached hydrogens (tertiary/aromatic N) is 3. The highest BCUT2D eigenvalue weighted by Crippen LogP contribution is 2.10. The molecule has 1 rings (SSSR count). The fourth-order valence-corrected chi connectivity index (χ4v) is 2.82. The highest BCUT2D eigenvalue weighted by atomic mass is 32.2. The first-order valence-electron chi connectivity index (χ1n) is 6.25. The van der Waals surface area contributed by atoms with Crippen LogP contribution in [0, 0.1) is 13.8 Å². The summed E-state index contributed by atoms with van der Waals surface area (Å²) in [7, 11) is 1.89. The van der Waals surface area contributed by atoms with E-state index in [1.54, 1.807) is 16.4 Å². The van der Waals surface area contributed by atoms with Crippen molar-refractivity contribution in [2.75, 3.05) is 19.1 Å². The van der Waals surface area contributed by atoms with Gasteiger partial charge in [0.15, 0.2) is 0 Å². The Hall–Kier alpha value is -0.970. The van der Waals surface area contributed by atoms with Crippen LogP contribution in [0.1, 0.15) is 24.7 Å². The minimum atomic E-state index is 0.127. The minimum Gasteiger partial charge on any atom is -0.340 e. The molecular weight excluding hydrogens is 246 g/mol. The molecule has 0 bridgehead atoms. The van der Waals surface area contributed by atoms with Gasteiger partial charge in [0.1, 0.15) is 6.54 Å². The predicted octanol–water partition coefficient (Wildman–Crippen LogP) is 2.10. The smallest absolute Gasteiger partial charge is 0.244 e. The lowest BCUT2D eigenvalue weighted by atomic mass is 10.2. The Morgan fingerprint density at radius 1 is 1.56 bits per heavy atom. The molecule has 1 atom stereocenters. The van der Waals surface area contributed by atoms with Gasteiger partial charge in [-0.05, 0) is 32.6 Å². The molecule has 0 unspecified atom stereocenters. The molecule has 0 radical (unpaired) electrons. The van der Waals surface area contributed by atoms with Crippen molar-refractivity contribution in [2.24, 2.45) is 0 Å². The third-order valence-electron chi connectivity index (χ3n) is 3.16. The van der Waals surface area contributed by atoms with Crippen molar-refractivity contribution < 1.29 is 4.79 Å². The molecule has 0 aromatic carbocycles. The van der Waals surface area contributed by atoms with E-state index < -0.39 is 0 Å². The number of amides is 1. The SMILES string of the molecule is CC[C@H](CSC)N(C)C(=O)Cn1nc(C)cc1C. The summed E-state index contributed by atoms with van der Waals surface area (Å²) in [6, 6.07) is 2.30. The zero-order valence-electron chi connectivity index (χ0n) is 11.9. The summed E-state index contributed by atoms with van der Waals surface area (Å²) in [5.41, 5.74) is 1.99. The second-order valence-corrected chi connectivity index (χ2v) is 5.52. The van der Waals surface area contributed by atoms with Crippen LogP contribution in [-0.2, 0) is 11.3 Å².